The summed E-state index contributed by atoms with van der Waals surface area (Å²) < 4.78 is 56.7. The number of sulfonamides is 1. The molecule has 6 nitrogen and oxygen atoms in total. The Morgan fingerprint density at radius 1 is 1.38 bits per heavy atom. The molecule has 0 aliphatic rings. The van der Waals surface area contributed by atoms with Crippen LogP contribution in [0.5, 0.6) is 5.75 Å². The van der Waals surface area contributed by atoms with Crippen LogP contribution in [0.1, 0.15) is 13.3 Å². The van der Waals surface area contributed by atoms with Crippen LogP contribution < -0.4 is 9.46 Å². The van der Waals surface area contributed by atoms with Gasteiger partial charge >= 0.3 is 5.97 Å². The van der Waals surface area contributed by atoms with E-state index in [0.29, 0.717) is 5.75 Å². The molecule has 1 unspecified atom stereocenters. The van der Waals surface area contributed by atoms with Gasteiger partial charge in [0.2, 0.25) is 10.0 Å². The molecule has 2 N–H and O–H groups in total. The summed E-state index contributed by atoms with van der Waals surface area (Å²) in [6, 6.07) is 5.05. The Bertz CT molecular complexity index is 603. The molecule has 118 valence electrons. The number of halogens is 2. The zero-order chi connectivity index (χ0) is 16.3. The van der Waals surface area contributed by atoms with E-state index in [9.17, 15) is 22.0 Å². The number of benzene rings is 1. The van der Waals surface area contributed by atoms with E-state index < -0.39 is 34.4 Å². The van der Waals surface area contributed by atoms with Gasteiger partial charge in [0, 0.05) is 0 Å². The maximum atomic E-state index is 13.0. The highest BCUT2D eigenvalue weighted by molar-refractivity contribution is 7.89. The summed E-state index contributed by atoms with van der Waals surface area (Å²) in [6.07, 6.45) is -4.22. The first-order chi connectivity index (χ1) is 9.60. The molecule has 0 spiro atoms. The van der Waals surface area contributed by atoms with Gasteiger partial charge in [-0.2, -0.15) is 4.72 Å². The molecular formula is C12H15F2NO5S. The highest BCUT2D eigenvalue weighted by Gasteiger charge is 2.41. The Hall–Kier alpha value is -1.74. The topological polar surface area (TPSA) is 92.7 Å². The Morgan fingerprint density at radius 3 is 2.29 bits per heavy atom. The van der Waals surface area contributed by atoms with Crippen molar-refractivity contribution in [3.8, 4) is 5.75 Å². The van der Waals surface area contributed by atoms with Gasteiger partial charge < -0.3 is 9.84 Å². The average molecular weight is 323 g/mol. The van der Waals surface area contributed by atoms with Crippen LogP contribution in [0.2, 0.25) is 0 Å². The molecule has 0 amide bonds. The molecule has 1 rings (SSSR count). The van der Waals surface area contributed by atoms with Gasteiger partial charge in [-0.25, -0.2) is 17.2 Å². The minimum absolute atomic E-state index is 0.263. The van der Waals surface area contributed by atoms with Gasteiger partial charge in [0.15, 0.2) is 0 Å². The second kappa shape index (κ2) is 6.35. The number of methoxy groups -OCH3 is 1. The summed E-state index contributed by atoms with van der Waals surface area (Å²) in [5, 5.41) is 8.65. The highest BCUT2D eigenvalue weighted by atomic mass is 32.2. The second-order valence-corrected chi connectivity index (χ2v) is 6.25. The number of aliphatic carboxylic acids is 1. The fraction of sp³-hybridized carbons (Fsp3) is 0.417. The van der Waals surface area contributed by atoms with Crippen LogP contribution in [0.4, 0.5) is 8.78 Å². The third-order valence-corrected chi connectivity index (χ3v) is 4.37. The molecule has 0 aromatic heterocycles. The summed E-state index contributed by atoms with van der Waals surface area (Å²) in [7, 11) is -2.89. The van der Waals surface area contributed by atoms with Crippen molar-refractivity contribution >= 4 is 16.0 Å². The van der Waals surface area contributed by atoms with Crippen LogP contribution in [0, 0.1) is 0 Å². The van der Waals surface area contributed by atoms with Gasteiger partial charge in [-0.1, -0.05) is 0 Å². The SMILES string of the molecule is COc1ccc(S(=O)(=O)NC(C)(CC(=O)O)C(F)F)cc1. The van der Waals surface area contributed by atoms with Crippen LogP contribution in [-0.4, -0.2) is 38.6 Å². The van der Waals surface area contributed by atoms with Crippen molar-refractivity contribution in [1.82, 2.24) is 4.72 Å². The molecular weight excluding hydrogens is 308 g/mol. The van der Waals surface area contributed by atoms with Crippen molar-refractivity contribution in [3.63, 3.8) is 0 Å². The van der Waals surface area contributed by atoms with E-state index in [1.165, 1.54) is 31.4 Å². The van der Waals surface area contributed by atoms with E-state index in [4.69, 9.17) is 9.84 Å². The first-order valence-corrected chi connectivity index (χ1v) is 7.27. The quantitative estimate of drug-likeness (QED) is 0.793. The smallest absolute Gasteiger partial charge is 0.305 e. The van der Waals surface area contributed by atoms with Crippen LogP contribution in [-0.2, 0) is 14.8 Å². The maximum absolute atomic E-state index is 13.0. The molecule has 0 heterocycles. The first kappa shape index (κ1) is 17.3. The van der Waals surface area contributed by atoms with Crippen molar-refractivity contribution in [2.75, 3.05) is 7.11 Å². The molecule has 0 radical (unpaired) electrons. The van der Waals surface area contributed by atoms with Gasteiger partial charge in [-0.05, 0) is 31.2 Å². The fourth-order valence-electron chi connectivity index (χ4n) is 1.59. The van der Waals surface area contributed by atoms with Gasteiger partial charge in [-0.3, -0.25) is 4.79 Å². The van der Waals surface area contributed by atoms with Crippen molar-refractivity contribution in [3.05, 3.63) is 24.3 Å². The number of hydrogen-bond donors (Lipinski definition) is 2. The Labute approximate surface area is 120 Å². The second-order valence-electron chi connectivity index (χ2n) is 4.57. The maximum Gasteiger partial charge on any atom is 0.305 e. The van der Waals surface area contributed by atoms with Crippen molar-refractivity contribution in [2.24, 2.45) is 0 Å². The standard InChI is InChI=1S/C12H15F2NO5S/c1-12(11(13)14,7-10(16)17)15-21(18,19)9-5-3-8(20-2)4-6-9/h3-6,11,15H,7H2,1-2H3,(H,16,17). The lowest BCUT2D eigenvalue weighted by Crippen LogP contribution is -2.52. The molecule has 0 aliphatic carbocycles. The van der Waals surface area contributed by atoms with E-state index in [0.717, 1.165) is 6.92 Å². The molecule has 0 bridgehead atoms. The predicted molar refractivity (Wildman–Crippen MR) is 70.0 cm³/mol. The Balaban J connectivity index is 3.08. The van der Waals surface area contributed by atoms with E-state index in [-0.39, 0.29) is 4.90 Å². The van der Waals surface area contributed by atoms with Crippen LogP contribution >= 0.6 is 0 Å². The number of carbonyl (C=O) groups is 1. The number of alkyl halides is 2. The van der Waals surface area contributed by atoms with Gasteiger partial charge in [-0.15, -0.1) is 0 Å². The third kappa shape index (κ3) is 4.36. The van der Waals surface area contributed by atoms with E-state index >= 15 is 0 Å². The van der Waals surface area contributed by atoms with Gasteiger partial charge in [0.1, 0.15) is 11.3 Å². The number of carboxylic acid groups (broad SMARTS) is 1. The number of hydrogen-bond acceptors (Lipinski definition) is 4. The number of ether oxygens (including phenoxy) is 1. The van der Waals surface area contributed by atoms with Crippen molar-refractivity contribution in [1.29, 1.82) is 0 Å². The first-order valence-electron chi connectivity index (χ1n) is 5.79. The summed E-state index contributed by atoms with van der Waals surface area (Å²) in [5.74, 6) is -1.13. The van der Waals surface area contributed by atoms with Crippen molar-refractivity contribution in [2.45, 2.75) is 30.2 Å². The highest BCUT2D eigenvalue weighted by Crippen LogP contribution is 2.24. The average Bonchev–Trinajstić information content (AvgIpc) is 2.37. The zero-order valence-electron chi connectivity index (χ0n) is 11.3. The fourth-order valence-corrected chi connectivity index (χ4v) is 2.98. The summed E-state index contributed by atoms with van der Waals surface area (Å²) in [6.45, 7) is 0.840. The lowest BCUT2D eigenvalue weighted by atomic mass is 10.0. The molecule has 21 heavy (non-hydrogen) atoms. The Morgan fingerprint density at radius 2 is 1.90 bits per heavy atom. The summed E-state index contributed by atoms with van der Waals surface area (Å²) in [5.41, 5.74) is -2.40. The lowest BCUT2D eigenvalue weighted by Gasteiger charge is -2.27. The molecule has 0 saturated carbocycles. The molecule has 0 saturated heterocycles. The zero-order valence-corrected chi connectivity index (χ0v) is 12.2. The molecule has 1 aromatic carbocycles. The van der Waals surface area contributed by atoms with E-state index in [2.05, 4.69) is 0 Å². The van der Waals surface area contributed by atoms with E-state index in [1.807, 2.05) is 0 Å². The minimum atomic E-state index is -4.28. The number of carboxylic acids is 1. The molecule has 0 aliphatic heterocycles. The van der Waals surface area contributed by atoms with Crippen LogP contribution in [0.25, 0.3) is 0 Å². The monoisotopic (exact) mass is 323 g/mol. The van der Waals surface area contributed by atoms with Gasteiger partial charge in [0.25, 0.3) is 6.43 Å². The van der Waals surface area contributed by atoms with Crippen LogP contribution in [0.15, 0.2) is 29.2 Å². The van der Waals surface area contributed by atoms with Crippen molar-refractivity contribution < 1.29 is 31.8 Å². The number of nitrogens with one attached hydrogen (secondary N) is 1. The van der Waals surface area contributed by atoms with Crippen LogP contribution in [0.3, 0.4) is 0 Å². The molecule has 9 heteroatoms. The Kier molecular flexibility index (Phi) is 5.24. The lowest BCUT2D eigenvalue weighted by molar-refractivity contribution is -0.140. The molecule has 1 atom stereocenters. The largest absolute Gasteiger partial charge is 0.497 e. The number of rotatable bonds is 7. The molecule has 0 fully saturated rings. The third-order valence-electron chi connectivity index (χ3n) is 2.74. The normalized spacial score (nSPS) is 14.7. The minimum Gasteiger partial charge on any atom is -0.497 e. The summed E-state index contributed by atoms with van der Waals surface area (Å²) in [4.78, 5) is 10.4. The molecule has 1 aromatic rings. The predicted octanol–water partition coefficient (Wildman–Crippen LogP) is 1.47. The summed E-state index contributed by atoms with van der Waals surface area (Å²) >= 11 is 0. The van der Waals surface area contributed by atoms with Gasteiger partial charge in [0.05, 0.1) is 18.4 Å². The van der Waals surface area contributed by atoms with E-state index in [1.54, 1.807) is 4.72 Å².